The summed E-state index contributed by atoms with van der Waals surface area (Å²) in [5.74, 6) is -0.168. The van der Waals surface area contributed by atoms with E-state index in [4.69, 9.17) is 5.11 Å². The fraction of sp³-hybridized carbons (Fsp3) is 0.500. The van der Waals surface area contributed by atoms with Crippen molar-refractivity contribution >= 4 is 5.91 Å². The van der Waals surface area contributed by atoms with E-state index in [1.54, 1.807) is 12.2 Å². The second kappa shape index (κ2) is 7.55. The van der Waals surface area contributed by atoms with Crippen LogP contribution < -0.4 is 5.32 Å². The van der Waals surface area contributed by atoms with Gasteiger partial charge in [0.15, 0.2) is 0 Å². The fourth-order valence-electron chi connectivity index (χ4n) is 0.780. The summed E-state index contributed by atoms with van der Waals surface area (Å²) < 4.78 is 0. The van der Waals surface area contributed by atoms with Crippen LogP contribution in [0.15, 0.2) is 24.3 Å². The molecule has 3 nitrogen and oxygen atoms in total. The third kappa shape index (κ3) is 6.11. The highest BCUT2D eigenvalue weighted by molar-refractivity contribution is 5.87. The number of carbonyl (C=O) groups excluding carboxylic acids is 1. The van der Waals surface area contributed by atoms with Gasteiger partial charge < -0.3 is 10.4 Å². The lowest BCUT2D eigenvalue weighted by molar-refractivity contribution is -0.117. The first-order valence-corrected chi connectivity index (χ1v) is 4.45. The maximum absolute atomic E-state index is 11.1. The number of carbonyl (C=O) groups is 1. The van der Waals surface area contributed by atoms with E-state index in [2.05, 4.69) is 5.32 Å². The molecule has 0 rings (SSSR count). The van der Waals surface area contributed by atoms with Crippen molar-refractivity contribution in [3.63, 3.8) is 0 Å². The standard InChI is InChI=1S/C10H17NO2/c1-3-5-6-7-10(13)11-9(4-2)8-12/h3,5-7,9,12H,4,8H2,1-2H3,(H,11,13)/b5-3+,7-6+. The van der Waals surface area contributed by atoms with Gasteiger partial charge in [0.05, 0.1) is 12.6 Å². The zero-order valence-electron chi connectivity index (χ0n) is 8.16. The maximum Gasteiger partial charge on any atom is 0.244 e. The second-order valence-electron chi connectivity index (χ2n) is 2.68. The number of hydrogen-bond acceptors (Lipinski definition) is 2. The third-order valence-corrected chi connectivity index (χ3v) is 1.61. The quantitative estimate of drug-likeness (QED) is 0.493. The van der Waals surface area contributed by atoms with Crippen molar-refractivity contribution in [2.45, 2.75) is 26.3 Å². The molecule has 1 atom stereocenters. The maximum atomic E-state index is 11.1. The Kier molecular flexibility index (Phi) is 6.92. The van der Waals surface area contributed by atoms with Crippen molar-refractivity contribution in [1.29, 1.82) is 0 Å². The van der Waals surface area contributed by atoms with Gasteiger partial charge in [0, 0.05) is 6.08 Å². The topological polar surface area (TPSA) is 49.3 Å². The average Bonchev–Trinajstić information content (AvgIpc) is 2.14. The lowest BCUT2D eigenvalue weighted by Crippen LogP contribution is -2.35. The normalized spacial score (nSPS) is 13.8. The number of amides is 1. The number of hydrogen-bond donors (Lipinski definition) is 2. The summed E-state index contributed by atoms with van der Waals surface area (Å²) in [6, 6.07) is -0.136. The van der Waals surface area contributed by atoms with Crippen LogP contribution in [0, 0.1) is 0 Å². The Bertz CT molecular complexity index is 193. The molecule has 74 valence electrons. The second-order valence-corrected chi connectivity index (χ2v) is 2.68. The van der Waals surface area contributed by atoms with E-state index in [1.165, 1.54) is 6.08 Å². The van der Waals surface area contributed by atoms with Gasteiger partial charge in [-0.15, -0.1) is 0 Å². The minimum absolute atomic E-state index is 0.0142. The van der Waals surface area contributed by atoms with Crippen molar-refractivity contribution in [2.75, 3.05) is 6.61 Å². The van der Waals surface area contributed by atoms with E-state index in [9.17, 15) is 4.79 Å². The molecule has 0 radical (unpaired) electrons. The number of aliphatic hydroxyl groups is 1. The minimum atomic E-state index is -0.168. The van der Waals surface area contributed by atoms with E-state index in [0.717, 1.165) is 6.42 Å². The van der Waals surface area contributed by atoms with Crippen LogP contribution in [0.2, 0.25) is 0 Å². The van der Waals surface area contributed by atoms with E-state index in [-0.39, 0.29) is 18.6 Å². The fourth-order valence-corrected chi connectivity index (χ4v) is 0.780. The molecule has 0 fully saturated rings. The number of aliphatic hydroxyl groups excluding tert-OH is 1. The van der Waals surface area contributed by atoms with E-state index in [0.29, 0.717) is 0 Å². The SMILES string of the molecule is C/C=C/C=C/C(=O)NC(CC)CO. The molecular weight excluding hydrogens is 166 g/mol. The molecule has 0 aliphatic rings. The van der Waals surface area contributed by atoms with Gasteiger partial charge in [0.2, 0.25) is 5.91 Å². The summed E-state index contributed by atoms with van der Waals surface area (Å²) in [6.07, 6.45) is 7.46. The Morgan fingerprint density at radius 3 is 2.69 bits per heavy atom. The van der Waals surface area contributed by atoms with Crippen molar-refractivity contribution in [1.82, 2.24) is 5.32 Å². The van der Waals surface area contributed by atoms with Gasteiger partial charge in [-0.05, 0) is 13.3 Å². The highest BCUT2D eigenvalue weighted by Crippen LogP contribution is 1.89. The predicted molar refractivity (Wildman–Crippen MR) is 53.3 cm³/mol. The molecule has 0 spiro atoms. The summed E-state index contributed by atoms with van der Waals surface area (Å²) in [7, 11) is 0. The highest BCUT2D eigenvalue weighted by Gasteiger charge is 2.05. The molecule has 0 aliphatic carbocycles. The molecule has 0 aromatic heterocycles. The zero-order valence-corrected chi connectivity index (χ0v) is 8.16. The third-order valence-electron chi connectivity index (χ3n) is 1.61. The smallest absolute Gasteiger partial charge is 0.244 e. The van der Waals surface area contributed by atoms with Gasteiger partial charge in [0.1, 0.15) is 0 Å². The molecule has 1 amide bonds. The largest absolute Gasteiger partial charge is 0.394 e. The molecule has 0 aromatic rings. The predicted octanol–water partition coefficient (Wildman–Crippen LogP) is 1.01. The van der Waals surface area contributed by atoms with Crippen molar-refractivity contribution in [2.24, 2.45) is 0 Å². The first-order valence-electron chi connectivity index (χ1n) is 4.45. The Labute approximate surface area is 79.2 Å². The van der Waals surface area contributed by atoms with Gasteiger partial charge in [0.25, 0.3) is 0 Å². The number of rotatable bonds is 5. The van der Waals surface area contributed by atoms with Crippen LogP contribution in [0.25, 0.3) is 0 Å². The number of allylic oxidation sites excluding steroid dienone is 3. The molecule has 1 unspecified atom stereocenters. The van der Waals surface area contributed by atoms with Crippen LogP contribution in [0.4, 0.5) is 0 Å². The summed E-state index contributed by atoms with van der Waals surface area (Å²) in [5, 5.41) is 11.5. The molecule has 0 aromatic carbocycles. The van der Waals surface area contributed by atoms with Crippen LogP contribution in [0.5, 0.6) is 0 Å². The number of nitrogens with one attached hydrogen (secondary N) is 1. The minimum Gasteiger partial charge on any atom is -0.394 e. The van der Waals surface area contributed by atoms with Crippen LogP contribution in [-0.4, -0.2) is 23.7 Å². The van der Waals surface area contributed by atoms with Gasteiger partial charge in [-0.3, -0.25) is 4.79 Å². The van der Waals surface area contributed by atoms with Gasteiger partial charge in [-0.1, -0.05) is 25.2 Å². The molecule has 3 heteroatoms. The van der Waals surface area contributed by atoms with Gasteiger partial charge >= 0.3 is 0 Å². The zero-order chi connectivity index (χ0) is 10.1. The first-order chi connectivity index (χ1) is 6.24. The van der Waals surface area contributed by atoms with Crippen LogP contribution in [-0.2, 0) is 4.79 Å². The Hall–Kier alpha value is -1.09. The van der Waals surface area contributed by atoms with E-state index in [1.807, 2.05) is 19.9 Å². The van der Waals surface area contributed by atoms with Gasteiger partial charge in [-0.25, -0.2) is 0 Å². The highest BCUT2D eigenvalue weighted by atomic mass is 16.3. The Morgan fingerprint density at radius 1 is 1.54 bits per heavy atom. The molecule has 0 bridgehead atoms. The first kappa shape index (κ1) is 11.9. The van der Waals surface area contributed by atoms with Crippen molar-refractivity contribution in [3.05, 3.63) is 24.3 Å². The van der Waals surface area contributed by atoms with Crippen LogP contribution in [0.3, 0.4) is 0 Å². The van der Waals surface area contributed by atoms with Crippen LogP contribution >= 0.6 is 0 Å². The molecule has 0 saturated carbocycles. The average molecular weight is 183 g/mol. The molecule has 2 N–H and O–H groups in total. The van der Waals surface area contributed by atoms with Crippen molar-refractivity contribution in [3.8, 4) is 0 Å². The monoisotopic (exact) mass is 183 g/mol. The van der Waals surface area contributed by atoms with Gasteiger partial charge in [-0.2, -0.15) is 0 Å². The molecule has 13 heavy (non-hydrogen) atoms. The Morgan fingerprint density at radius 2 is 2.23 bits per heavy atom. The lowest BCUT2D eigenvalue weighted by Gasteiger charge is -2.11. The molecule has 0 saturated heterocycles. The lowest BCUT2D eigenvalue weighted by atomic mass is 10.2. The van der Waals surface area contributed by atoms with E-state index >= 15 is 0 Å². The van der Waals surface area contributed by atoms with E-state index < -0.39 is 0 Å². The summed E-state index contributed by atoms with van der Waals surface area (Å²) >= 11 is 0. The summed E-state index contributed by atoms with van der Waals surface area (Å²) in [6.45, 7) is 3.78. The molecule has 0 heterocycles. The summed E-state index contributed by atoms with van der Waals surface area (Å²) in [5.41, 5.74) is 0. The van der Waals surface area contributed by atoms with Crippen molar-refractivity contribution < 1.29 is 9.90 Å². The van der Waals surface area contributed by atoms with Crippen LogP contribution in [0.1, 0.15) is 20.3 Å². The summed E-state index contributed by atoms with van der Waals surface area (Å²) in [4.78, 5) is 11.1. The molecular formula is C10H17NO2. The molecule has 0 aliphatic heterocycles. The Balaban J connectivity index is 3.85.